The second-order valence-corrected chi connectivity index (χ2v) is 7.14. The number of benzene rings is 1. The van der Waals surface area contributed by atoms with E-state index in [1.165, 1.54) is 30.0 Å². The standard InChI is InChI=1S/C16H15N5O3S2/c1-10-14(25-8-17-10)3-4-24-13-6-11(5-12(7-13)21(2)23)15(22)19-16-20-18-9-26-16/h5-9H,3-4H2,1-2H3/p+1. The molecule has 3 aromatic rings. The Hall–Kier alpha value is -2.72. The third-order valence-corrected chi connectivity index (χ3v) is 5.14. The highest BCUT2D eigenvalue weighted by Crippen LogP contribution is 2.24. The van der Waals surface area contributed by atoms with Gasteiger partial charge in [0.15, 0.2) is 7.05 Å². The summed E-state index contributed by atoms with van der Waals surface area (Å²) >= 11 is 2.79. The molecule has 8 nitrogen and oxygen atoms in total. The maximum Gasteiger partial charge on any atom is 0.260 e. The van der Waals surface area contributed by atoms with Gasteiger partial charge in [-0.15, -0.1) is 21.5 Å². The maximum atomic E-state index is 12.4. The third-order valence-electron chi connectivity index (χ3n) is 3.54. The van der Waals surface area contributed by atoms with Gasteiger partial charge in [0, 0.05) is 27.0 Å². The monoisotopic (exact) mass is 390 g/mol. The van der Waals surface area contributed by atoms with Crippen LogP contribution in [-0.4, -0.2) is 39.5 Å². The number of carbonyl (C=O) groups excluding carboxylic acids is 1. The Labute approximate surface area is 157 Å². The largest absolute Gasteiger partial charge is 0.493 e. The van der Waals surface area contributed by atoms with E-state index >= 15 is 0 Å². The molecule has 0 bridgehead atoms. The molecule has 0 spiro atoms. The van der Waals surface area contributed by atoms with Crippen molar-refractivity contribution < 1.29 is 14.3 Å². The van der Waals surface area contributed by atoms with Gasteiger partial charge in [-0.25, -0.2) is 4.98 Å². The van der Waals surface area contributed by atoms with Crippen LogP contribution in [0.2, 0.25) is 0 Å². The molecule has 0 fully saturated rings. The van der Waals surface area contributed by atoms with E-state index in [2.05, 4.69) is 20.5 Å². The van der Waals surface area contributed by atoms with Crippen LogP contribution in [-0.2, 0) is 6.42 Å². The number of hydrogen-bond donors (Lipinski definition) is 1. The summed E-state index contributed by atoms with van der Waals surface area (Å²) in [5.74, 6) is 0.0726. The molecule has 1 aromatic carbocycles. The van der Waals surface area contributed by atoms with Crippen molar-refractivity contribution in [3.05, 3.63) is 50.3 Å². The van der Waals surface area contributed by atoms with Crippen molar-refractivity contribution in [2.45, 2.75) is 13.3 Å². The van der Waals surface area contributed by atoms with E-state index in [0.29, 0.717) is 39.9 Å². The zero-order valence-corrected chi connectivity index (χ0v) is 15.8. The first kappa shape index (κ1) is 18.1. The molecule has 134 valence electrons. The average molecular weight is 390 g/mol. The van der Waals surface area contributed by atoms with Crippen LogP contribution in [0, 0.1) is 11.8 Å². The highest BCUT2D eigenvalue weighted by molar-refractivity contribution is 7.13. The van der Waals surface area contributed by atoms with Crippen molar-refractivity contribution in [1.29, 1.82) is 0 Å². The summed E-state index contributed by atoms with van der Waals surface area (Å²) in [4.78, 5) is 29.4. The van der Waals surface area contributed by atoms with Gasteiger partial charge in [0.25, 0.3) is 11.6 Å². The first-order chi connectivity index (χ1) is 12.5. The number of amides is 1. The Bertz CT molecular complexity index is 924. The Morgan fingerprint density at radius 3 is 2.77 bits per heavy atom. The van der Waals surface area contributed by atoms with Gasteiger partial charge < -0.3 is 4.74 Å². The molecular weight excluding hydrogens is 374 g/mol. The molecule has 0 aliphatic heterocycles. The molecular formula is C16H16N5O3S2+. The summed E-state index contributed by atoms with van der Waals surface area (Å²) in [5.41, 5.74) is 4.95. The fourth-order valence-corrected chi connectivity index (χ4v) is 3.41. The molecule has 0 saturated carbocycles. The van der Waals surface area contributed by atoms with E-state index in [-0.39, 0.29) is 5.91 Å². The second kappa shape index (κ2) is 8.11. The predicted octanol–water partition coefficient (Wildman–Crippen LogP) is 3.22. The summed E-state index contributed by atoms with van der Waals surface area (Å²) in [7, 11) is 1.37. The number of nitroso groups, excluding NO2 is 1. The number of aryl methyl sites for hydroxylation is 1. The van der Waals surface area contributed by atoms with Crippen LogP contribution in [0.3, 0.4) is 0 Å². The molecule has 0 aliphatic carbocycles. The van der Waals surface area contributed by atoms with Crippen molar-refractivity contribution in [3.8, 4) is 5.75 Å². The normalized spacial score (nSPS) is 10.5. The Kier molecular flexibility index (Phi) is 5.64. The number of hydrogen-bond acceptors (Lipinski definition) is 8. The van der Waals surface area contributed by atoms with Gasteiger partial charge in [0.2, 0.25) is 5.13 Å². The second-order valence-electron chi connectivity index (χ2n) is 5.37. The summed E-state index contributed by atoms with van der Waals surface area (Å²) in [6.07, 6.45) is 0.709. The van der Waals surface area contributed by atoms with Gasteiger partial charge in [-0.3, -0.25) is 10.1 Å². The number of ether oxygens (including phenoxy) is 1. The van der Waals surface area contributed by atoms with Gasteiger partial charge in [-0.05, 0) is 13.0 Å². The summed E-state index contributed by atoms with van der Waals surface area (Å²) in [6.45, 7) is 2.38. The number of rotatable bonds is 7. The number of thiazole rings is 1. The van der Waals surface area contributed by atoms with Gasteiger partial charge >= 0.3 is 0 Å². The van der Waals surface area contributed by atoms with Crippen molar-refractivity contribution in [3.63, 3.8) is 0 Å². The van der Waals surface area contributed by atoms with Crippen molar-refractivity contribution in [2.24, 2.45) is 0 Å². The summed E-state index contributed by atoms with van der Waals surface area (Å²) in [6, 6.07) is 4.71. The lowest BCUT2D eigenvalue weighted by Gasteiger charge is -2.08. The highest BCUT2D eigenvalue weighted by Gasteiger charge is 2.17. The summed E-state index contributed by atoms with van der Waals surface area (Å²) < 4.78 is 6.44. The molecule has 10 heteroatoms. The number of aromatic nitrogens is 3. The molecule has 2 heterocycles. The molecule has 0 aliphatic rings. The molecule has 3 rings (SSSR count). The van der Waals surface area contributed by atoms with E-state index in [1.54, 1.807) is 29.0 Å². The zero-order valence-electron chi connectivity index (χ0n) is 14.1. The quantitative estimate of drug-likeness (QED) is 0.622. The lowest BCUT2D eigenvalue weighted by Crippen LogP contribution is -2.13. The molecule has 26 heavy (non-hydrogen) atoms. The molecule has 0 atom stereocenters. The van der Waals surface area contributed by atoms with Gasteiger partial charge in [-0.1, -0.05) is 11.3 Å². The minimum atomic E-state index is -0.381. The van der Waals surface area contributed by atoms with Crippen LogP contribution in [0.25, 0.3) is 0 Å². The predicted molar refractivity (Wildman–Crippen MR) is 99.6 cm³/mol. The fraction of sp³-hybridized carbons (Fsp3) is 0.250. The number of anilines is 1. The fourth-order valence-electron chi connectivity index (χ4n) is 2.20. The number of nitrogens with one attached hydrogen (secondary N) is 1. The smallest absolute Gasteiger partial charge is 0.260 e. The van der Waals surface area contributed by atoms with Crippen molar-refractivity contribution in [2.75, 3.05) is 19.0 Å². The number of carbonyl (C=O) groups is 1. The minimum Gasteiger partial charge on any atom is -0.493 e. The van der Waals surface area contributed by atoms with Crippen LogP contribution < -0.4 is 10.1 Å². The van der Waals surface area contributed by atoms with E-state index < -0.39 is 0 Å². The lowest BCUT2D eigenvalue weighted by molar-refractivity contribution is -0.428. The number of nitrogens with zero attached hydrogens (tertiary/aromatic N) is 4. The molecule has 1 amide bonds. The van der Waals surface area contributed by atoms with Gasteiger partial charge in [0.05, 0.1) is 29.4 Å². The molecule has 0 radical (unpaired) electrons. The molecule has 0 unspecified atom stereocenters. The van der Waals surface area contributed by atoms with E-state index in [1.807, 2.05) is 6.92 Å². The van der Waals surface area contributed by atoms with Gasteiger partial charge in [-0.2, -0.15) is 0 Å². The molecule has 0 saturated heterocycles. The van der Waals surface area contributed by atoms with Gasteiger partial charge in [0.1, 0.15) is 11.3 Å². The first-order valence-corrected chi connectivity index (χ1v) is 9.44. The maximum absolute atomic E-state index is 12.4. The first-order valence-electron chi connectivity index (χ1n) is 7.68. The van der Waals surface area contributed by atoms with Crippen molar-refractivity contribution >= 4 is 39.4 Å². The van der Waals surface area contributed by atoms with Crippen LogP contribution in [0.5, 0.6) is 5.75 Å². The summed E-state index contributed by atoms with van der Waals surface area (Å²) in [5, 5.41) is 10.5. The Balaban J connectivity index is 1.74. The Morgan fingerprint density at radius 1 is 1.27 bits per heavy atom. The van der Waals surface area contributed by atoms with Crippen LogP contribution in [0.15, 0.2) is 29.2 Å². The van der Waals surface area contributed by atoms with Crippen LogP contribution in [0.1, 0.15) is 20.9 Å². The van der Waals surface area contributed by atoms with Crippen LogP contribution >= 0.6 is 22.7 Å². The molecule has 1 N–H and O–H groups in total. The topological polar surface area (TPSA) is 97.1 Å². The Morgan fingerprint density at radius 2 is 2.12 bits per heavy atom. The van der Waals surface area contributed by atoms with Crippen molar-refractivity contribution in [1.82, 2.24) is 15.2 Å². The molecule has 2 aromatic heterocycles. The minimum absolute atomic E-state index is 0.310. The zero-order chi connectivity index (χ0) is 18.5. The van der Waals surface area contributed by atoms with E-state index in [9.17, 15) is 9.70 Å². The highest BCUT2D eigenvalue weighted by atomic mass is 32.1. The SMILES string of the molecule is Cc1ncsc1CCOc1cc(C(=O)Nc2nncs2)cc([N+](C)=O)c1. The average Bonchev–Trinajstić information content (AvgIpc) is 3.27. The third kappa shape index (κ3) is 4.46. The van der Waals surface area contributed by atoms with Crippen LogP contribution in [0.4, 0.5) is 10.8 Å². The lowest BCUT2D eigenvalue weighted by atomic mass is 10.1. The van der Waals surface area contributed by atoms with E-state index in [0.717, 1.165) is 10.6 Å². The van der Waals surface area contributed by atoms with E-state index in [4.69, 9.17) is 4.74 Å².